The van der Waals surface area contributed by atoms with Gasteiger partial charge in [-0.25, -0.2) is 4.79 Å². The van der Waals surface area contributed by atoms with E-state index in [0.29, 0.717) is 6.42 Å². The predicted molar refractivity (Wildman–Crippen MR) is 53.6 cm³/mol. The molecule has 4 nitrogen and oxygen atoms in total. The monoisotopic (exact) mass is 199 g/mol. The Balaban J connectivity index is 4.00. The highest BCUT2D eigenvalue weighted by Gasteiger charge is 2.11. The summed E-state index contributed by atoms with van der Waals surface area (Å²) in [6.07, 6.45) is 3.78. The number of ketones is 1. The molecule has 0 heterocycles. The third kappa shape index (κ3) is 5.35. The molecule has 4 heteroatoms. The summed E-state index contributed by atoms with van der Waals surface area (Å²) in [4.78, 5) is 21.8. The summed E-state index contributed by atoms with van der Waals surface area (Å²) in [6, 6.07) is 0. The standard InChI is InChI=1S/C10H17NO3/c1-3-5-6-7-8(12)9(4-2)14-10(11)13/h4H,3,5-7H2,1-2H3,(H2,11,13). The molecule has 0 fully saturated rings. The molecule has 0 saturated carbocycles. The van der Waals surface area contributed by atoms with Gasteiger partial charge in [0.25, 0.3) is 0 Å². The van der Waals surface area contributed by atoms with Crippen molar-refractivity contribution in [2.24, 2.45) is 5.73 Å². The normalized spacial score (nSPS) is 11.1. The van der Waals surface area contributed by atoms with Crippen LogP contribution >= 0.6 is 0 Å². The zero-order valence-electron chi connectivity index (χ0n) is 8.71. The van der Waals surface area contributed by atoms with Gasteiger partial charge in [0.05, 0.1) is 0 Å². The lowest BCUT2D eigenvalue weighted by Crippen LogP contribution is -2.17. The van der Waals surface area contributed by atoms with Crippen LogP contribution in [0.5, 0.6) is 0 Å². The number of ether oxygens (including phenoxy) is 1. The predicted octanol–water partition coefficient (Wildman–Crippen LogP) is 2.13. The Hall–Kier alpha value is -1.32. The molecule has 0 aromatic rings. The van der Waals surface area contributed by atoms with Gasteiger partial charge in [0.2, 0.25) is 0 Å². The number of unbranched alkanes of at least 4 members (excludes halogenated alkanes) is 2. The number of carbonyl (C=O) groups is 2. The molecule has 0 bridgehead atoms. The van der Waals surface area contributed by atoms with Crippen molar-refractivity contribution in [1.82, 2.24) is 0 Å². The van der Waals surface area contributed by atoms with Crippen molar-refractivity contribution in [1.29, 1.82) is 0 Å². The first kappa shape index (κ1) is 12.7. The molecular formula is C10H17NO3. The topological polar surface area (TPSA) is 69.4 Å². The van der Waals surface area contributed by atoms with E-state index in [2.05, 4.69) is 11.7 Å². The first-order valence-electron chi connectivity index (χ1n) is 4.78. The van der Waals surface area contributed by atoms with Gasteiger partial charge in [0.1, 0.15) is 0 Å². The molecule has 0 aliphatic carbocycles. The lowest BCUT2D eigenvalue weighted by molar-refractivity contribution is -0.118. The molecular weight excluding hydrogens is 182 g/mol. The van der Waals surface area contributed by atoms with Crippen molar-refractivity contribution in [2.75, 3.05) is 0 Å². The summed E-state index contributed by atoms with van der Waals surface area (Å²) < 4.78 is 4.54. The number of hydrogen-bond acceptors (Lipinski definition) is 3. The van der Waals surface area contributed by atoms with Crippen LogP contribution in [0.15, 0.2) is 11.8 Å². The van der Waals surface area contributed by atoms with Crippen molar-refractivity contribution in [2.45, 2.75) is 39.5 Å². The van der Waals surface area contributed by atoms with Gasteiger partial charge >= 0.3 is 6.09 Å². The molecule has 0 aliphatic heterocycles. The first-order chi connectivity index (χ1) is 6.61. The molecule has 0 unspecified atom stereocenters. The molecule has 2 N–H and O–H groups in total. The molecule has 14 heavy (non-hydrogen) atoms. The molecule has 1 amide bonds. The van der Waals surface area contributed by atoms with E-state index in [9.17, 15) is 9.59 Å². The number of hydrogen-bond donors (Lipinski definition) is 1. The minimum absolute atomic E-state index is 0.0496. The average molecular weight is 199 g/mol. The maximum atomic E-state index is 11.4. The molecule has 0 radical (unpaired) electrons. The summed E-state index contributed by atoms with van der Waals surface area (Å²) in [5, 5.41) is 0. The number of nitrogens with two attached hydrogens (primary N) is 1. The van der Waals surface area contributed by atoms with Gasteiger partial charge in [-0.3, -0.25) is 4.79 Å². The van der Waals surface area contributed by atoms with E-state index in [1.165, 1.54) is 6.08 Å². The van der Waals surface area contributed by atoms with Gasteiger partial charge in [-0.15, -0.1) is 0 Å². The summed E-state index contributed by atoms with van der Waals surface area (Å²) in [5.41, 5.74) is 4.81. The van der Waals surface area contributed by atoms with E-state index < -0.39 is 6.09 Å². The maximum absolute atomic E-state index is 11.4. The van der Waals surface area contributed by atoms with Crippen LogP contribution in [0.1, 0.15) is 39.5 Å². The smallest absolute Gasteiger partial charge is 0.407 e. The fraction of sp³-hybridized carbons (Fsp3) is 0.600. The largest absolute Gasteiger partial charge is 0.410 e. The fourth-order valence-corrected chi connectivity index (χ4v) is 1.04. The number of Topliss-reactive ketones (excluding diaryl/α,β-unsaturated/α-hetero) is 1. The Kier molecular flexibility index (Phi) is 6.45. The molecule has 0 aromatic heterocycles. The van der Waals surface area contributed by atoms with Gasteiger partial charge in [-0.05, 0) is 19.4 Å². The van der Waals surface area contributed by atoms with Crippen molar-refractivity contribution < 1.29 is 14.3 Å². The van der Waals surface area contributed by atoms with Gasteiger partial charge < -0.3 is 10.5 Å². The number of rotatable bonds is 6. The lowest BCUT2D eigenvalue weighted by atomic mass is 10.1. The quantitative estimate of drug-likeness (QED) is 0.404. The second-order valence-electron chi connectivity index (χ2n) is 2.95. The SMILES string of the molecule is CC=C(OC(N)=O)C(=O)CCCCC. The van der Waals surface area contributed by atoms with Crippen LogP contribution in [-0.4, -0.2) is 11.9 Å². The van der Waals surface area contributed by atoms with Crippen LogP contribution in [-0.2, 0) is 9.53 Å². The molecule has 0 spiro atoms. The Morgan fingerprint density at radius 2 is 2.00 bits per heavy atom. The highest BCUT2D eigenvalue weighted by atomic mass is 16.6. The molecule has 0 rings (SSSR count). The van der Waals surface area contributed by atoms with Crippen LogP contribution in [0.3, 0.4) is 0 Å². The molecule has 0 atom stereocenters. The first-order valence-corrected chi connectivity index (χ1v) is 4.78. The van der Waals surface area contributed by atoms with E-state index in [-0.39, 0.29) is 11.5 Å². The average Bonchev–Trinajstić information content (AvgIpc) is 2.14. The fourth-order valence-electron chi connectivity index (χ4n) is 1.04. The van der Waals surface area contributed by atoms with E-state index in [1.54, 1.807) is 6.92 Å². The van der Waals surface area contributed by atoms with Crippen molar-refractivity contribution in [3.63, 3.8) is 0 Å². The summed E-state index contributed by atoms with van der Waals surface area (Å²) >= 11 is 0. The molecule has 0 saturated heterocycles. The van der Waals surface area contributed by atoms with E-state index in [0.717, 1.165) is 19.3 Å². The Morgan fingerprint density at radius 3 is 2.43 bits per heavy atom. The minimum atomic E-state index is -0.943. The Morgan fingerprint density at radius 1 is 1.36 bits per heavy atom. The zero-order chi connectivity index (χ0) is 11.0. The summed E-state index contributed by atoms with van der Waals surface area (Å²) in [7, 11) is 0. The number of primary amides is 1. The Bertz CT molecular complexity index is 234. The Labute approximate surface area is 84.1 Å². The van der Waals surface area contributed by atoms with Gasteiger partial charge in [0, 0.05) is 6.42 Å². The summed E-state index contributed by atoms with van der Waals surface area (Å²) in [5.74, 6) is -0.117. The van der Waals surface area contributed by atoms with Gasteiger partial charge in [0.15, 0.2) is 11.5 Å². The second kappa shape index (κ2) is 7.12. The number of carbonyl (C=O) groups excluding carboxylic acids is 2. The molecule has 0 aromatic carbocycles. The van der Waals surface area contributed by atoms with Crippen LogP contribution in [0.25, 0.3) is 0 Å². The number of allylic oxidation sites excluding steroid dienone is 2. The zero-order valence-corrected chi connectivity index (χ0v) is 8.71. The number of amides is 1. The van der Waals surface area contributed by atoms with Crippen LogP contribution < -0.4 is 5.73 Å². The van der Waals surface area contributed by atoms with E-state index in [4.69, 9.17) is 5.73 Å². The van der Waals surface area contributed by atoms with Crippen LogP contribution in [0.4, 0.5) is 4.79 Å². The van der Waals surface area contributed by atoms with Crippen molar-refractivity contribution in [3.8, 4) is 0 Å². The highest BCUT2D eigenvalue weighted by molar-refractivity contribution is 5.95. The van der Waals surface area contributed by atoms with Gasteiger partial charge in [-0.2, -0.15) is 0 Å². The van der Waals surface area contributed by atoms with Crippen LogP contribution in [0, 0.1) is 0 Å². The van der Waals surface area contributed by atoms with Crippen molar-refractivity contribution >= 4 is 11.9 Å². The second-order valence-corrected chi connectivity index (χ2v) is 2.95. The summed E-state index contributed by atoms with van der Waals surface area (Å²) in [6.45, 7) is 3.69. The van der Waals surface area contributed by atoms with Crippen molar-refractivity contribution in [3.05, 3.63) is 11.8 Å². The minimum Gasteiger partial charge on any atom is -0.407 e. The highest BCUT2D eigenvalue weighted by Crippen LogP contribution is 2.07. The third-order valence-electron chi connectivity index (χ3n) is 1.75. The van der Waals surface area contributed by atoms with Crippen LogP contribution in [0.2, 0.25) is 0 Å². The molecule has 80 valence electrons. The maximum Gasteiger partial charge on any atom is 0.410 e. The van der Waals surface area contributed by atoms with E-state index in [1.807, 2.05) is 0 Å². The van der Waals surface area contributed by atoms with E-state index >= 15 is 0 Å². The third-order valence-corrected chi connectivity index (χ3v) is 1.75. The van der Waals surface area contributed by atoms with Gasteiger partial charge in [-0.1, -0.05) is 19.8 Å². The lowest BCUT2D eigenvalue weighted by Gasteiger charge is -2.04. The molecule has 0 aliphatic rings.